The zero-order chi connectivity index (χ0) is 12.4. The molecule has 0 aliphatic carbocycles. The van der Waals surface area contributed by atoms with Crippen LogP contribution in [0.25, 0.3) is 0 Å². The van der Waals surface area contributed by atoms with Crippen LogP contribution < -0.4 is 0 Å². The summed E-state index contributed by atoms with van der Waals surface area (Å²) in [5.74, 6) is -0.352. The molecule has 2 atom stereocenters. The van der Waals surface area contributed by atoms with Gasteiger partial charge in [-0.25, -0.2) is 0 Å². The molecule has 0 fully saturated rings. The smallest absolute Gasteiger partial charge is 0.345 e. The van der Waals surface area contributed by atoms with Crippen molar-refractivity contribution in [1.82, 2.24) is 0 Å². The molecule has 0 amide bonds. The summed E-state index contributed by atoms with van der Waals surface area (Å²) >= 11 is 0. The van der Waals surface area contributed by atoms with Gasteiger partial charge in [-0.2, -0.15) is 9.78 Å². The molecule has 0 aliphatic rings. The van der Waals surface area contributed by atoms with Crippen LogP contribution in [0.2, 0.25) is 0 Å². The summed E-state index contributed by atoms with van der Waals surface area (Å²) in [5, 5.41) is 34.5. The Morgan fingerprint density at radius 1 is 0.938 bits per heavy atom. The largest absolute Gasteiger partial charge is 0.394 e. The van der Waals surface area contributed by atoms with Crippen molar-refractivity contribution in [2.24, 2.45) is 0 Å². The molecule has 8 heteroatoms. The predicted molar refractivity (Wildman–Crippen MR) is 49.4 cm³/mol. The summed E-state index contributed by atoms with van der Waals surface area (Å²) in [6.45, 7) is 1.76. The van der Waals surface area contributed by atoms with Crippen LogP contribution in [-0.2, 0) is 19.6 Å². The van der Waals surface area contributed by atoms with E-state index < -0.39 is 25.4 Å². The normalized spacial score (nSPS) is 14.2. The molecule has 0 saturated heterocycles. The fraction of sp³-hybridized carbons (Fsp3) is 0.750. The van der Waals surface area contributed by atoms with Crippen molar-refractivity contribution >= 4 is 0 Å². The monoisotopic (exact) mass is 240 g/mol. The first-order chi connectivity index (χ1) is 7.60. The van der Waals surface area contributed by atoms with Gasteiger partial charge < -0.3 is 20.4 Å². The summed E-state index contributed by atoms with van der Waals surface area (Å²) < 4.78 is 0. The van der Waals surface area contributed by atoms with Gasteiger partial charge in [-0.15, -0.1) is 0 Å². The number of hydrogen-bond donors (Lipinski definition) is 4. The average Bonchev–Trinajstić information content (AvgIpc) is 2.28. The fourth-order valence-electron chi connectivity index (χ4n) is 0.476. The molecule has 0 aromatic carbocycles. The Labute approximate surface area is 92.1 Å². The summed E-state index contributed by atoms with van der Waals surface area (Å²) in [5.41, 5.74) is 0. The second kappa shape index (κ2) is 9.33. The topological polar surface area (TPSA) is 118 Å². The van der Waals surface area contributed by atoms with Gasteiger partial charge in [0, 0.05) is 0 Å². The van der Waals surface area contributed by atoms with Crippen LogP contribution >= 0.6 is 0 Å². The van der Waals surface area contributed by atoms with Crippen molar-refractivity contribution in [3.8, 4) is 0 Å². The van der Waals surface area contributed by atoms with Crippen LogP contribution in [0.5, 0.6) is 0 Å². The molecular weight excluding hydrogens is 224 g/mol. The Hall–Kier alpha value is -0.900. The molecule has 0 bridgehead atoms. The summed E-state index contributed by atoms with van der Waals surface area (Å²) in [7, 11) is 0. The van der Waals surface area contributed by atoms with Gasteiger partial charge in [0.15, 0.2) is 0 Å². The number of aliphatic hydroxyl groups is 4. The quantitative estimate of drug-likeness (QED) is 0.198. The average molecular weight is 240 g/mol. The van der Waals surface area contributed by atoms with E-state index in [0.29, 0.717) is 0 Å². The Balaban J connectivity index is 3.38. The van der Waals surface area contributed by atoms with Crippen molar-refractivity contribution in [2.75, 3.05) is 26.4 Å². The third-order valence-electron chi connectivity index (χ3n) is 1.25. The van der Waals surface area contributed by atoms with Crippen LogP contribution in [0.1, 0.15) is 0 Å². The van der Waals surface area contributed by atoms with Gasteiger partial charge in [-0.1, -0.05) is 0 Å². The van der Waals surface area contributed by atoms with Crippen molar-refractivity contribution in [3.63, 3.8) is 0 Å². The molecule has 0 spiro atoms. The highest BCUT2D eigenvalue weighted by atomic mass is 17.3. The van der Waals surface area contributed by atoms with Gasteiger partial charge in [0.25, 0.3) is 0 Å². The Morgan fingerprint density at radius 2 is 1.31 bits per heavy atom. The van der Waals surface area contributed by atoms with Gasteiger partial charge in [0.1, 0.15) is 25.4 Å². The van der Waals surface area contributed by atoms with E-state index in [1.807, 2.05) is 0 Å². The second-order valence-corrected chi connectivity index (χ2v) is 2.78. The van der Waals surface area contributed by atoms with Gasteiger partial charge >= 0.3 is 5.95 Å². The minimum absolute atomic E-state index is 0.266. The van der Waals surface area contributed by atoms with E-state index in [1.165, 1.54) is 0 Å². The number of rotatable bonds is 10. The molecule has 8 nitrogen and oxygen atoms in total. The standard InChI is InChI=1S/C8H16O8/c1-6(15-13-4-7(11)2-9)16-14-5-8(12)3-10/h7-12H,1-5H2. The predicted octanol–water partition coefficient (Wildman–Crippen LogP) is -1.94. The van der Waals surface area contributed by atoms with Gasteiger partial charge in [0.05, 0.1) is 13.2 Å². The Kier molecular flexibility index (Phi) is 8.81. The highest BCUT2D eigenvalue weighted by Crippen LogP contribution is 1.99. The van der Waals surface area contributed by atoms with Gasteiger partial charge in [0.2, 0.25) is 0 Å². The molecule has 2 unspecified atom stereocenters. The molecule has 0 heterocycles. The van der Waals surface area contributed by atoms with E-state index >= 15 is 0 Å². The molecular formula is C8H16O8. The van der Waals surface area contributed by atoms with Crippen molar-refractivity contribution < 1.29 is 40.0 Å². The van der Waals surface area contributed by atoms with Crippen molar-refractivity contribution in [3.05, 3.63) is 12.5 Å². The van der Waals surface area contributed by atoms with Gasteiger partial charge in [-0.05, 0) is 6.58 Å². The number of hydrogen-bond acceptors (Lipinski definition) is 8. The van der Waals surface area contributed by atoms with E-state index in [2.05, 4.69) is 26.1 Å². The molecule has 0 aromatic heterocycles. The van der Waals surface area contributed by atoms with E-state index in [1.54, 1.807) is 0 Å². The van der Waals surface area contributed by atoms with Crippen LogP contribution in [-0.4, -0.2) is 59.1 Å². The van der Waals surface area contributed by atoms with Crippen molar-refractivity contribution in [2.45, 2.75) is 12.2 Å². The van der Waals surface area contributed by atoms with Crippen LogP contribution in [0.3, 0.4) is 0 Å². The molecule has 0 saturated carbocycles. The highest BCUT2D eigenvalue weighted by Gasteiger charge is 2.06. The minimum Gasteiger partial charge on any atom is -0.394 e. The molecule has 0 radical (unpaired) electrons. The lowest BCUT2D eigenvalue weighted by molar-refractivity contribution is -0.376. The fourth-order valence-corrected chi connectivity index (χ4v) is 0.476. The molecule has 0 rings (SSSR count). The highest BCUT2D eigenvalue weighted by molar-refractivity contribution is 4.62. The van der Waals surface area contributed by atoms with Crippen LogP contribution in [0.4, 0.5) is 0 Å². The maximum absolute atomic E-state index is 8.83. The maximum atomic E-state index is 8.83. The SMILES string of the molecule is C=C(OOCC(O)CO)OOCC(O)CO. The molecule has 0 aliphatic heterocycles. The van der Waals surface area contributed by atoms with E-state index in [-0.39, 0.29) is 19.2 Å². The molecule has 4 N–H and O–H groups in total. The zero-order valence-corrected chi connectivity index (χ0v) is 8.61. The Morgan fingerprint density at radius 3 is 1.62 bits per heavy atom. The van der Waals surface area contributed by atoms with Crippen molar-refractivity contribution in [1.29, 1.82) is 0 Å². The van der Waals surface area contributed by atoms with E-state index in [9.17, 15) is 0 Å². The maximum Gasteiger partial charge on any atom is 0.345 e. The first-order valence-corrected chi connectivity index (χ1v) is 4.45. The lowest BCUT2D eigenvalue weighted by Gasteiger charge is -2.10. The van der Waals surface area contributed by atoms with E-state index in [4.69, 9.17) is 20.4 Å². The Bertz CT molecular complexity index is 167. The second-order valence-electron chi connectivity index (χ2n) is 2.78. The van der Waals surface area contributed by atoms with Crippen LogP contribution in [0.15, 0.2) is 12.5 Å². The summed E-state index contributed by atoms with van der Waals surface area (Å²) in [4.78, 5) is 17.6. The zero-order valence-electron chi connectivity index (χ0n) is 8.61. The molecule has 0 aromatic rings. The minimum atomic E-state index is -1.06. The van der Waals surface area contributed by atoms with Crippen LogP contribution in [0, 0.1) is 0 Å². The lowest BCUT2D eigenvalue weighted by atomic mass is 10.4. The molecule has 16 heavy (non-hydrogen) atoms. The lowest BCUT2D eigenvalue weighted by Crippen LogP contribution is -2.21. The summed E-state index contributed by atoms with van der Waals surface area (Å²) in [6, 6.07) is 0. The third kappa shape index (κ3) is 8.41. The first kappa shape index (κ1) is 15.1. The van der Waals surface area contributed by atoms with E-state index in [0.717, 1.165) is 0 Å². The summed E-state index contributed by atoms with van der Waals surface area (Å²) in [6.07, 6.45) is -2.13. The number of aliphatic hydroxyl groups excluding tert-OH is 4. The third-order valence-corrected chi connectivity index (χ3v) is 1.25. The first-order valence-electron chi connectivity index (χ1n) is 4.45. The van der Waals surface area contributed by atoms with Gasteiger partial charge in [-0.3, -0.25) is 9.78 Å². The molecule has 96 valence electrons.